The summed E-state index contributed by atoms with van der Waals surface area (Å²) < 4.78 is 0.0938. The zero-order chi connectivity index (χ0) is 5.91. The van der Waals surface area contributed by atoms with Crippen molar-refractivity contribution in [3.63, 3.8) is 0 Å². The summed E-state index contributed by atoms with van der Waals surface area (Å²) in [6.07, 6.45) is 1.03. The Bertz CT molecular complexity index is 46.5. The van der Waals surface area contributed by atoms with Gasteiger partial charge in [-0.05, 0) is 6.42 Å². The molecule has 0 aromatic carbocycles. The number of rotatable bonds is 2. The van der Waals surface area contributed by atoms with E-state index in [0.717, 1.165) is 13.0 Å². The summed E-state index contributed by atoms with van der Waals surface area (Å²) in [4.78, 5) is 0. The van der Waals surface area contributed by atoms with Crippen LogP contribution in [0.4, 0.5) is 0 Å². The van der Waals surface area contributed by atoms with Gasteiger partial charge in [0.1, 0.15) is 6.54 Å². The number of hydrogen-bond donors (Lipinski definition) is 1. The van der Waals surface area contributed by atoms with Crippen LogP contribution in [0, 0.1) is 0 Å². The molecular weight excluding hydrogens is 90.1 g/mol. The molecule has 1 N–H and O–H groups in total. The lowest BCUT2D eigenvalue weighted by Gasteiger charge is -2.17. The first-order valence-electron chi connectivity index (χ1n) is 2.62. The van der Waals surface area contributed by atoms with Gasteiger partial charge < -0.3 is 0 Å². The fourth-order valence-electron chi connectivity index (χ4n) is 0.547. The zero-order valence-electron chi connectivity index (χ0n) is 5.31. The Hall–Kier alpha value is -0.0800. The second-order valence-corrected chi connectivity index (χ2v) is 2.34. The van der Waals surface area contributed by atoms with Crippen LogP contribution in [0.15, 0.2) is 0 Å². The van der Waals surface area contributed by atoms with Gasteiger partial charge in [0.2, 0.25) is 0 Å². The molecule has 0 rings (SSSR count). The number of hydroxylamine groups is 3. The van der Waals surface area contributed by atoms with Gasteiger partial charge in [-0.25, -0.2) is 5.21 Å². The van der Waals surface area contributed by atoms with Crippen molar-refractivity contribution >= 4 is 0 Å². The van der Waals surface area contributed by atoms with E-state index >= 15 is 0 Å². The maximum atomic E-state index is 8.96. The van der Waals surface area contributed by atoms with E-state index in [4.69, 9.17) is 5.21 Å². The highest BCUT2D eigenvalue weighted by molar-refractivity contribution is 4.16. The molecular formula is C5H14NO+. The van der Waals surface area contributed by atoms with Crippen LogP contribution in [0.2, 0.25) is 0 Å². The molecule has 0 radical (unpaired) electrons. The van der Waals surface area contributed by atoms with Crippen LogP contribution in [0.5, 0.6) is 0 Å². The minimum atomic E-state index is 0.0938. The first kappa shape index (κ1) is 6.92. The first-order chi connectivity index (χ1) is 3.06. The molecule has 0 aliphatic carbocycles. The largest absolute Gasteiger partial charge is 0.217 e. The molecule has 0 aliphatic rings. The van der Waals surface area contributed by atoms with Crippen LogP contribution >= 0.6 is 0 Å². The minimum absolute atomic E-state index is 0.0938. The van der Waals surface area contributed by atoms with Crippen molar-refractivity contribution in [2.24, 2.45) is 0 Å². The molecule has 0 heterocycles. The summed E-state index contributed by atoms with van der Waals surface area (Å²) in [5, 5.41) is 8.96. The van der Waals surface area contributed by atoms with Gasteiger partial charge in [0.15, 0.2) is 0 Å². The van der Waals surface area contributed by atoms with E-state index in [2.05, 4.69) is 6.92 Å². The average Bonchev–Trinajstić information content (AvgIpc) is 1.30. The third-order valence-corrected chi connectivity index (χ3v) is 0.771. The third kappa shape index (κ3) is 5.92. The van der Waals surface area contributed by atoms with Gasteiger partial charge >= 0.3 is 0 Å². The lowest BCUT2D eigenvalue weighted by molar-refractivity contribution is -1.07. The average molecular weight is 104 g/mol. The van der Waals surface area contributed by atoms with E-state index < -0.39 is 0 Å². The predicted molar refractivity (Wildman–Crippen MR) is 29.1 cm³/mol. The van der Waals surface area contributed by atoms with Crippen molar-refractivity contribution < 1.29 is 9.85 Å². The second kappa shape index (κ2) is 2.28. The topological polar surface area (TPSA) is 20.2 Å². The smallest absolute Gasteiger partial charge is 0.108 e. The highest BCUT2D eigenvalue weighted by Crippen LogP contribution is 1.89. The molecule has 0 saturated heterocycles. The lowest BCUT2D eigenvalue weighted by atomic mass is 10.5. The number of nitrogens with zero attached hydrogens (tertiary/aromatic N) is 1. The Balaban J connectivity index is 3.15. The van der Waals surface area contributed by atoms with E-state index in [1.54, 1.807) is 14.1 Å². The Morgan fingerprint density at radius 3 is 1.86 bits per heavy atom. The normalized spacial score (nSPS) is 12.0. The van der Waals surface area contributed by atoms with Crippen molar-refractivity contribution in [1.82, 2.24) is 0 Å². The molecule has 44 valence electrons. The Kier molecular flexibility index (Phi) is 2.26. The number of quaternary nitrogens is 1. The van der Waals surface area contributed by atoms with Crippen LogP contribution in [0.3, 0.4) is 0 Å². The minimum Gasteiger partial charge on any atom is -0.217 e. The highest BCUT2D eigenvalue weighted by Gasteiger charge is 2.05. The van der Waals surface area contributed by atoms with Gasteiger partial charge in [-0.1, -0.05) is 6.92 Å². The molecule has 0 saturated carbocycles. The van der Waals surface area contributed by atoms with Gasteiger partial charge in [-0.2, -0.15) is 4.65 Å². The third-order valence-electron chi connectivity index (χ3n) is 0.771. The molecule has 0 unspecified atom stereocenters. The van der Waals surface area contributed by atoms with E-state index in [-0.39, 0.29) is 4.65 Å². The highest BCUT2D eigenvalue weighted by atomic mass is 16.5. The zero-order valence-corrected chi connectivity index (χ0v) is 5.31. The van der Waals surface area contributed by atoms with Gasteiger partial charge in [-0.15, -0.1) is 0 Å². The fraction of sp³-hybridized carbons (Fsp3) is 1.00. The number of hydrogen-bond acceptors (Lipinski definition) is 1. The second-order valence-electron chi connectivity index (χ2n) is 2.34. The van der Waals surface area contributed by atoms with E-state index in [0.29, 0.717) is 0 Å². The Morgan fingerprint density at radius 2 is 1.86 bits per heavy atom. The van der Waals surface area contributed by atoms with Crippen LogP contribution in [0.1, 0.15) is 13.3 Å². The SMILES string of the molecule is CCC[N+](C)(C)O. The van der Waals surface area contributed by atoms with E-state index in [1.165, 1.54) is 0 Å². The van der Waals surface area contributed by atoms with Gasteiger partial charge in [0, 0.05) is 0 Å². The maximum absolute atomic E-state index is 8.96. The van der Waals surface area contributed by atoms with Crippen molar-refractivity contribution in [2.45, 2.75) is 13.3 Å². The molecule has 0 aliphatic heterocycles. The lowest BCUT2D eigenvalue weighted by Crippen LogP contribution is -2.35. The summed E-state index contributed by atoms with van der Waals surface area (Å²) in [5.41, 5.74) is 0. The molecule has 0 fully saturated rings. The summed E-state index contributed by atoms with van der Waals surface area (Å²) in [5.74, 6) is 0. The standard InChI is InChI=1S/C5H14NO/c1-4-5-6(2,3)7/h7H,4-5H2,1-3H3/q+1. The van der Waals surface area contributed by atoms with E-state index in [1.807, 2.05) is 0 Å². The van der Waals surface area contributed by atoms with Crippen molar-refractivity contribution in [3.8, 4) is 0 Å². The monoisotopic (exact) mass is 104 g/mol. The predicted octanol–water partition coefficient (Wildman–Crippen LogP) is 0.862. The van der Waals surface area contributed by atoms with Crippen molar-refractivity contribution in [1.29, 1.82) is 0 Å². The molecule has 0 aromatic heterocycles. The van der Waals surface area contributed by atoms with Crippen LogP contribution in [-0.2, 0) is 0 Å². The van der Waals surface area contributed by atoms with Crippen molar-refractivity contribution in [3.05, 3.63) is 0 Å². The van der Waals surface area contributed by atoms with Gasteiger partial charge in [0.25, 0.3) is 0 Å². The van der Waals surface area contributed by atoms with Gasteiger partial charge in [0.05, 0.1) is 14.1 Å². The molecule has 0 amide bonds. The Labute approximate surface area is 44.9 Å². The van der Waals surface area contributed by atoms with Gasteiger partial charge in [-0.3, -0.25) is 0 Å². The van der Waals surface area contributed by atoms with Crippen molar-refractivity contribution in [2.75, 3.05) is 20.6 Å². The molecule has 0 atom stereocenters. The van der Waals surface area contributed by atoms with Crippen LogP contribution < -0.4 is 0 Å². The fourth-order valence-corrected chi connectivity index (χ4v) is 0.547. The molecule has 2 heteroatoms. The molecule has 7 heavy (non-hydrogen) atoms. The first-order valence-corrected chi connectivity index (χ1v) is 2.62. The van der Waals surface area contributed by atoms with Crippen LogP contribution in [-0.4, -0.2) is 30.5 Å². The molecule has 0 bridgehead atoms. The quantitative estimate of drug-likeness (QED) is 0.407. The van der Waals surface area contributed by atoms with Crippen LogP contribution in [0.25, 0.3) is 0 Å². The summed E-state index contributed by atoms with van der Waals surface area (Å²) in [7, 11) is 3.53. The van der Waals surface area contributed by atoms with E-state index in [9.17, 15) is 0 Å². The molecule has 2 nitrogen and oxygen atoms in total. The molecule has 0 spiro atoms. The Morgan fingerprint density at radius 1 is 1.43 bits per heavy atom. The summed E-state index contributed by atoms with van der Waals surface area (Å²) >= 11 is 0. The maximum Gasteiger partial charge on any atom is 0.108 e. The molecule has 0 aromatic rings. The summed E-state index contributed by atoms with van der Waals surface area (Å²) in [6, 6.07) is 0. The summed E-state index contributed by atoms with van der Waals surface area (Å²) in [6.45, 7) is 2.89.